The lowest BCUT2D eigenvalue weighted by atomic mass is 10.0. The van der Waals surface area contributed by atoms with Crippen LogP contribution in [0.25, 0.3) is 16.7 Å². The number of nitrogens with zero attached hydrogens (tertiary/aromatic N) is 4. The number of fused-ring (bicyclic) bond motifs is 5. The zero-order chi connectivity index (χ0) is 24.3. The lowest BCUT2D eigenvalue weighted by Gasteiger charge is -2.44. The molecule has 0 saturated carbocycles. The summed E-state index contributed by atoms with van der Waals surface area (Å²) in [6.45, 7) is 7.12. The molecule has 11 heteroatoms. The number of carbonyl (C=O) groups is 1. The van der Waals surface area contributed by atoms with Crippen molar-refractivity contribution >= 4 is 63.3 Å². The molecule has 0 bridgehead atoms. The van der Waals surface area contributed by atoms with Crippen molar-refractivity contribution in [2.24, 2.45) is 0 Å². The van der Waals surface area contributed by atoms with Crippen LogP contribution in [0.4, 0.5) is 11.4 Å². The number of hydrogen-bond donors (Lipinski definition) is 2. The summed E-state index contributed by atoms with van der Waals surface area (Å²) in [5.41, 5.74) is 2.23. The number of carbonyl (C=O) groups excluding carboxylic acids is 1. The summed E-state index contributed by atoms with van der Waals surface area (Å²) in [6, 6.07) is 3.29. The maximum Gasteiger partial charge on any atom is 0.282 e. The Kier molecular flexibility index (Phi) is 6.00. The van der Waals surface area contributed by atoms with Gasteiger partial charge in [-0.15, -0.1) is 11.8 Å². The van der Waals surface area contributed by atoms with Gasteiger partial charge in [-0.25, -0.2) is 4.98 Å². The highest BCUT2D eigenvalue weighted by Gasteiger charge is 2.40. The first kappa shape index (κ1) is 23.4. The van der Waals surface area contributed by atoms with Crippen molar-refractivity contribution in [1.29, 1.82) is 0 Å². The summed E-state index contributed by atoms with van der Waals surface area (Å²) in [7, 11) is 0. The lowest BCUT2D eigenvalue weighted by Crippen LogP contribution is -2.62. The van der Waals surface area contributed by atoms with Gasteiger partial charge in [0.15, 0.2) is 5.65 Å². The van der Waals surface area contributed by atoms with Gasteiger partial charge in [0.05, 0.1) is 22.1 Å². The topological polar surface area (TPSA) is 92.2 Å². The molecule has 2 atom stereocenters. The molecule has 0 radical (unpaired) electrons. The normalized spacial score (nSPS) is 19.9. The molecule has 0 spiro atoms. The second-order valence-corrected chi connectivity index (χ2v) is 10.5. The summed E-state index contributed by atoms with van der Waals surface area (Å²) in [5, 5.41) is 7.25. The van der Waals surface area contributed by atoms with Crippen LogP contribution < -0.4 is 21.1 Å². The van der Waals surface area contributed by atoms with Gasteiger partial charge in [0.1, 0.15) is 16.9 Å². The Labute approximate surface area is 211 Å². The Balaban J connectivity index is 1.94. The van der Waals surface area contributed by atoms with Crippen molar-refractivity contribution in [3.05, 3.63) is 44.6 Å². The first-order chi connectivity index (χ1) is 16.2. The lowest BCUT2D eigenvalue weighted by molar-refractivity contribution is -0.117. The summed E-state index contributed by atoms with van der Waals surface area (Å²) < 4.78 is 1.52. The van der Waals surface area contributed by atoms with E-state index in [0.29, 0.717) is 35.5 Å². The molecule has 178 valence electrons. The standard InChI is InChI=1S/C23H24Cl2N6O2S/c1-10(2)16-19(15(34-4)5-6-26-16)31-21-12(7-13(24)20(25)29-21)18-17(23(31)33)28-22(32)14-8-27-11(3)9-30(14)18/h5-7,10-11,14,27H,8-9H2,1-4H3,(H,28,32)/t11-,14-/m1/s1. The van der Waals surface area contributed by atoms with Crippen LogP contribution in [0.2, 0.25) is 10.2 Å². The fourth-order valence-electron chi connectivity index (χ4n) is 4.73. The van der Waals surface area contributed by atoms with Crippen LogP contribution in [0.5, 0.6) is 0 Å². The predicted octanol–water partition coefficient (Wildman–Crippen LogP) is 4.05. The third-order valence-corrected chi connectivity index (χ3v) is 7.73. The van der Waals surface area contributed by atoms with Gasteiger partial charge < -0.3 is 15.5 Å². The van der Waals surface area contributed by atoms with Crippen LogP contribution in [0.1, 0.15) is 32.4 Å². The molecular formula is C23H24Cl2N6O2S. The highest BCUT2D eigenvalue weighted by atomic mass is 35.5. The number of halogens is 2. The van der Waals surface area contributed by atoms with Gasteiger partial charge >= 0.3 is 0 Å². The number of piperazine rings is 1. The van der Waals surface area contributed by atoms with E-state index in [9.17, 15) is 9.59 Å². The number of nitrogens with one attached hydrogen (secondary N) is 2. The molecule has 34 heavy (non-hydrogen) atoms. The van der Waals surface area contributed by atoms with Crippen LogP contribution in [-0.4, -0.2) is 51.9 Å². The van der Waals surface area contributed by atoms with E-state index in [-0.39, 0.29) is 39.3 Å². The van der Waals surface area contributed by atoms with E-state index in [2.05, 4.69) is 20.6 Å². The molecule has 5 rings (SSSR count). The molecule has 0 aliphatic carbocycles. The van der Waals surface area contributed by atoms with Crippen LogP contribution >= 0.6 is 35.0 Å². The Bertz CT molecular complexity index is 1390. The third kappa shape index (κ3) is 3.57. The monoisotopic (exact) mass is 518 g/mol. The quantitative estimate of drug-likeness (QED) is 0.399. The van der Waals surface area contributed by atoms with Crippen LogP contribution in [-0.2, 0) is 4.79 Å². The summed E-state index contributed by atoms with van der Waals surface area (Å²) >= 11 is 14.3. The van der Waals surface area contributed by atoms with Crippen molar-refractivity contribution in [3.8, 4) is 5.69 Å². The molecule has 5 heterocycles. The molecule has 3 aromatic heterocycles. The Morgan fingerprint density at radius 2 is 2.00 bits per heavy atom. The number of amides is 1. The van der Waals surface area contributed by atoms with Crippen molar-refractivity contribution in [3.63, 3.8) is 0 Å². The second-order valence-electron chi connectivity index (χ2n) is 8.86. The minimum Gasteiger partial charge on any atom is -0.354 e. The van der Waals surface area contributed by atoms with Gasteiger partial charge in [-0.3, -0.25) is 19.1 Å². The average molecular weight is 519 g/mol. The number of aromatic nitrogens is 3. The van der Waals surface area contributed by atoms with Crippen molar-refractivity contribution in [1.82, 2.24) is 19.9 Å². The molecule has 8 nitrogen and oxygen atoms in total. The Morgan fingerprint density at radius 1 is 1.24 bits per heavy atom. The predicted molar refractivity (Wildman–Crippen MR) is 138 cm³/mol. The summed E-state index contributed by atoms with van der Waals surface area (Å²) in [6.07, 6.45) is 3.68. The van der Waals surface area contributed by atoms with E-state index in [4.69, 9.17) is 23.2 Å². The molecule has 1 saturated heterocycles. The number of hydrogen-bond acceptors (Lipinski definition) is 7. The second kappa shape index (κ2) is 8.71. The van der Waals surface area contributed by atoms with Gasteiger partial charge in [0, 0.05) is 35.6 Å². The summed E-state index contributed by atoms with van der Waals surface area (Å²) in [4.78, 5) is 39.2. The zero-order valence-electron chi connectivity index (χ0n) is 19.1. The zero-order valence-corrected chi connectivity index (χ0v) is 21.5. The first-order valence-corrected chi connectivity index (χ1v) is 13.0. The van der Waals surface area contributed by atoms with E-state index in [1.165, 1.54) is 16.3 Å². The molecule has 2 aliphatic heterocycles. The van der Waals surface area contributed by atoms with Gasteiger partial charge in [0.25, 0.3) is 5.56 Å². The number of rotatable bonds is 3. The molecular weight excluding hydrogens is 495 g/mol. The SMILES string of the molecule is CSc1ccnc(C(C)C)c1-n1c(=O)c2c(c3cc(Cl)c(Cl)nc31)N1C[C@@H](C)NC[C@@H]1C(=O)N2. The van der Waals surface area contributed by atoms with E-state index in [0.717, 1.165) is 10.6 Å². The van der Waals surface area contributed by atoms with Crippen molar-refractivity contribution in [2.45, 2.75) is 43.7 Å². The maximum atomic E-state index is 14.1. The van der Waals surface area contributed by atoms with E-state index >= 15 is 0 Å². The Hall–Kier alpha value is -2.33. The molecule has 3 aromatic rings. The molecule has 2 N–H and O–H groups in total. The average Bonchev–Trinajstić information content (AvgIpc) is 2.80. The molecule has 0 unspecified atom stereocenters. The van der Waals surface area contributed by atoms with Crippen molar-refractivity contribution < 1.29 is 4.79 Å². The number of pyridine rings is 3. The van der Waals surface area contributed by atoms with Crippen molar-refractivity contribution in [2.75, 3.05) is 29.6 Å². The molecule has 0 aromatic carbocycles. The highest BCUT2D eigenvalue weighted by Crippen LogP contribution is 2.41. The third-order valence-electron chi connectivity index (χ3n) is 6.28. The smallest absolute Gasteiger partial charge is 0.282 e. The fourth-order valence-corrected chi connectivity index (χ4v) is 5.60. The summed E-state index contributed by atoms with van der Waals surface area (Å²) in [5.74, 6) is -0.181. The fraction of sp³-hybridized carbons (Fsp3) is 0.391. The minimum atomic E-state index is -0.442. The van der Waals surface area contributed by atoms with Gasteiger partial charge in [-0.05, 0) is 31.2 Å². The molecule has 1 amide bonds. The van der Waals surface area contributed by atoms with Gasteiger partial charge in [-0.1, -0.05) is 37.0 Å². The number of thioether (sulfide) groups is 1. The largest absolute Gasteiger partial charge is 0.354 e. The van der Waals surface area contributed by atoms with Crippen LogP contribution in [0.15, 0.2) is 28.0 Å². The molecule has 1 fully saturated rings. The van der Waals surface area contributed by atoms with Crippen LogP contribution in [0.3, 0.4) is 0 Å². The minimum absolute atomic E-state index is 0.0378. The Morgan fingerprint density at radius 3 is 2.71 bits per heavy atom. The molecule has 2 aliphatic rings. The van der Waals surface area contributed by atoms with Gasteiger partial charge in [0.2, 0.25) is 5.91 Å². The van der Waals surface area contributed by atoms with E-state index in [1.54, 1.807) is 12.3 Å². The van der Waals surface area contributed by atoms with E-state index < -0.39 is 6.04 Å². The maximum absolute atomic E-state index is 14.1. The van der Waals surface area contributed by atoms with E-state index in [1.807, 2.05) is 38.0 Å². The highest BCUT2D eigenvalue weighted by molar-refractivity contribution is 7.98. The number of anilines is 2. The van der Waals surface area contributed by atoms with Crippen LogP contribution in [0, 0.1) is 0 Å². The van der Waals surface area contributed by atoms with Gasteiger partial charge in [-0.2, -0.15) is 0 Å². The first-order valence-electron chi connectivity index (χ1n) is 11.0.